The number of fused-ring (bicyclic) bond motifs is 1. The Hall–Kier alpha value is -1.51. The monoisotopic (exact) mass is 336 g/mol. The second-order valence-corrected chi connectivity index (χ2v) is 7.58. The van der Waals surface area contributed by atoms with Crippen LogP contribution in [0.3, 0.4) is 0 Å². The number of hydroxylamine groups is 2. The Kier molecular flexibility index (Phi) is 4.65. The van der Waals surface area contributed by atoms with Gasteiger partial charge in [-0.2, -0.15) is 5.06 Å². The lowest BCUT2D eigenvalue weighted by molar-refractivity contribution is -0.110. The van der Waals surface area contributed by atoms with Crippen LogP contribution < -0.4 is 4.72 Å². The van der Waals surface area contributed by atoms with E-state index < -0.39 is 21.3 Å². The van der Waals surface area contributed by atoms with Crippen molar-refractivity contribution < 1.29 is 18.4 Å². The zero-order valence-corrected chi connectivity index (χ0v) is 13.7. The van der Waals surface area contributed by atoms with Gasteiger partial charge in [-0.15, -0.1) is 0 Å². The fourth-order valence-electron chi connectivity index (χ4n) is 2.97. The highest BCUT2D eigenvalue weighted by Gasteiger charge is 2.43. The van der Waals surface area contributed by atoms with Gasteiger partial charge in [-0.3, -0.25) is 4.84 Å². The van der Waals surface area contributed by atoms with E-state index in [1.165, 1.54) is 0 Å². The molecule has 7 heteroatoms. The van der Waals surface area contributed by atoms with Crippen LogP contribution in [0.4, 0.5) is 0 Å². The quantitative estimate of drug-likeness (QED) is 0.853. The van der Waals surface area contributed by atoms with E-state index in [1.54, 1.807) is 12.1 Å². The van der Waals surface area contributed by atoms with Crippen LogP contribution in [0.25, 0.3) is 10.8 Å². The Morgan fingerprint density at radius 1 is 1.26 bits per heavy atom. The van der Waals surface area contributed by atoms with Gasteiger partial charge >= 0.3 is 0 Å². The highest BCUT2D eigenvalue weighted by molar-refractivity contribution is 7.90. The van der Waals surface area contributed by atoms with Crippen LogP contribution in [0.5, 0.6) is 0 Å². The number of benzene rings is 2. The van der Waals surface area contributed by atoms with Gasteiger partial charge in [0.05, 0.1) is 19.3 Å². The van der Waals surface area contributed by atoms with Gasteiger partial charge in [0.2, 0.25) is 10.0 Å². The molecule has 1 heterocycles. The summed E-state index contributed by atoms with van der Waals surface area (Å²) in [5, 5.41) is 11.9. The molecule has 1 saturated heterocycles. The normalized spacial score (nSPS) is 22.7. The maximum atomic E-state index is 12.5. The van der Waals surface area contributed by atoms with E-state index in [0.29, 0.717) is 0 Å². The maximum absolute atomic E-state index is 12.5. The van der Waals surface area contributed by atoms with Gasteiger partial charge in [-0.05, 0) is 22.4 Å². The molecule has 0 unspecified atom stereocenters. The minimum absolute atomic E-state index is 0.00693. The molecule has 0 amide bonds. The molecule has 0 bridgehead atoms. The Labute approximate surface area is 135 Å². The van der Waals surface area contributed by atoms with E-state index in [-0.39, 0.29) is 19.8 Å². The fourth-order valence-corrected chi connectivity index (χ4v) is 4.47. The van der Waals surface area contributed by atoms with E-state index in [0.717, 1.165) is 16.3 Å². The Bertz CT molecular complexity index is 794. The van der Waals surface area contributed by atoms with Gasteiger partial charge < -0.3 is 5.11 Å². The smallest absolute Gasteiger partial charge is 0.218 e. The first kappa shape index (κ1) is 16.4. The van der Waals surface area contributed by atoms with E-state index in [9.17, 15) is 8.42 Å². The minimum atomic E-state index is -3.58. The first-order chi connectivity index (χ1) is 11.0. The third-order valence-electron chi connectivity index (χ3n) is 4.11. The van der Waals surface area contributed by atoms with E-state index in [4.69, 9.17) is 9.94 Å². The molecule has 23 heavy (non-hydrogen) atoms. The number of hydrogen-bond acceptors (Lipinski definition) is 5. The summed E-state index contributed by atoms with van der Waals surface area (Å²) in [5.41, 5.74) is 0.892. The molecule has 1 aliphatic heterocycles. The second-order valence-electron chi connectivity index (χ2n) is 5.59. The van der Waals surface area contributed by atoms with Crippen LogP contribution in [-0.2, 0) is 14.9 Å². The average Bonchev–Trinajstić information content (AvgIpc) is 2.95. The highest BCUT2D eigenvalue weighted by Crippen LogP contribution is 2.34. The molecule has 124 valence electrons. The Balaban J connectivity index is 1.96. The molecule has 6 nitrogen and oxygen atoms in total. The number of nitrogens with one attached hydrogen (secondary N) is 1. The molecule has 2 aromatic rings. The van der Waals surface area contributed by atoms with Crippen LogP contribution in [0.15, 0.2) is 42.5 Å². The molecule has 2 atom stereocenters. The van der Waals surface area contributed by atoms with Gasteiger partial charge in [0, 0.05) is 13.6 Å². The second kappa shape index (κ2) is 6.54. The van der Waals surface area contributed by atoms with Gasteiger partial charge in [0.1, 0.15) is 5.25 Å². The summed E-state index contributed by atoms with van der Waals surface area (Å²) in [6.07, 6.45) is 0. The molecule has 1 fully saturated rings. The maximum Gasteiger partial charge on any atom is 0.218 e. The van der Waals surface area contributed by atoms with Crippen molar-refractivity contribution in [1.82, 2.24) is 9.79 Å². The van der Waals surface area contributed by atoms with Crippen molar-refractivity contribution in [2.75, 3.05) is 26.8 Å². The van der Waals surface area contributed by atoms with Crippen LogP contribution >= 0.6 is 0 Å². The lowest BCUT2D eigenvalue weighted by Crippen LogP contribution is -2.40. The summed E-state index contributed by atoms with van der Waals surface area (Å²) in [5.74, 6) is 0. The molecular weight excluding hydrogens is 316 g/mol. The Morgan fingerprint density at radius 3 is 2.74 bits per heavy atom. The van der Waals surface area contributed by atoms with Crippen LogP contribution in [-0.4, -0.2) is 50.6 Å². The molecule has 2 N–H and O–H groups in total. The van der Waals surface area contributed by atoms with Crippen molar-refractivity contribution in [2.24, 2.45) is 0 Å². The summed E-state index contributed by atoms with van der Waals surface area (Å²) in [4.78, 5) is 5.46. The zero-order chi connectivity index (χ0) is 16.4. The molecule has 0 aliphatic carbocycles. The van der Waals surface area contributed by atoms with Crippen molar-refractivity contribution >= 4 is 20.8 Å². The van der Waals surface area contributed by atoms with Crippen molar-refractivity contribution in [3.05, 3.63) is 48.0 Å². The standard InChI is InChI=1S/C16H20N2O4S/c1-18-16(15(11-22-18)23(20,21)17-8-9-19)14-7-6-12-4-2-3-5-13(12)10-14/h2-7,10,15-17,19H,8-9,11H2,1H3/t15-,16+/m0/s1. The van der Waals surface area contributed by atoms with E-state index in [1.807, 2.05) is 42.5 Å². The van der Waals surface area contributed by atoms with Crippen molar-refractivity contribution in [3.63, 3.8) is 0 Å². The third kappa shape index (κ3) is 3.24. The number of hydrogen-bond donors (Lipinski definition) is 2. The van der Waals surface area contributed by atoms with Crippen LogP contribution in [0.2, 0.25) is 0 Å². The number of aliphatic hydroxyl groups is 1. The molecule has 1 aliphatic rings. The highest BCUT2D eigenvalue weighted by atomic mass is 32.2. The van der Waals surface area contributed by atoms with Crippen molar-refractivity contribution in [1.29, 1.82) is 0 Å². The molecule has 0 saturated carbocycles. The van der Waals surface area contributed by atoms with Crippen LogP contribution in [0, 0.1) is 0 Å². The lowest BCUT2D eigenvalue weighted by atomic mass is 10.0. The molecule has 0 spiro atoms. The largest absolute Gasteiger partial charge is 0.395 e. The predicted octanol–water partition coefficient (Wildman–Crippen LogP) is 1.04. The Morgan fingerprint density at radius 2 is 2.00 bits per heavy atom. The topological polar surface area (TPSA) is 78.9 Å². The number of rotatable bonds is 5. The van der Waals surface area contributed by atoms with E-state index in [2.05, 4.69) is 4.72 Å². The zero-order valence-electron chi connectivity index (χ0n) is 12.8. The summed E-state index contributed by atoms with van der Waals surface area (Å²) in [6.45, 7) is -0.134. The molecule has 0 radical (unpaired) electrons. The first-order valence-corrected chi connectivity index (χ1v) is 9.01. The van der Waals surface area contributed by atoms with Crippen molar-refractivity contribution in [3.8, 4) is 0 Å². The van der Waals surface area contributed by atoms with Crippen molar-refractivity contribution in [2.45, 2.75) is 11.3 Å². The van der Waals surface area contributed by atoms with Crippen LogP contribution in [0.1, 0.15) is 11.6 Å². The van der Waals surface area contributed by atoms with Gasteiger partial charge in [0.15, 0.2) is 0 Å². The van der Waals surface area contributed by atoms with Gasteiger partial charge in [-0.1, -0.05) is 36.4 Å². The molecule has 2 aromatic carbocycles. The number of aliphatic hydroxyl groups excluding tert-OH is 1. The van der Waals surface area contributed by atoms with Gasteiger partial charge in [-0.25, -0.2) is 13.1 Å². The summed E-state index contributed by atoms with van der Waals surface area (Å²) in [6, 6.07) is 13.5. The van der Waals surface area contributed by atoms with E-state index >= 15 is 0 Å². The SMILES string of the molecule is CN1OC[C@H](S(=O)(=O)NCCO)[C@H]1c1ccc2ccccc2c1. The summed E-state index contributed by atoms with van der Waals surface area (Å²) in [7, 11) is -1.84. The molecule has 3 rings (SSSR count). The predicted molar refractivity (Wildman–Crippen MR) is 88.2 cm³/mol. The first-order valence-electron chi connectivity index (χ1n) is 7.47. The third-order valence-corrected chi connectivity index (χ3v) is 5.91. The number of sulfonamides is 1. The average molecular weight is 336 g/mol. The lowest BCUT2D eigenvalue weighted by Gasteiger charge is -2.23. The summed E-state index contributed by atoms with van der Waals surface area (Å²) >= 11 is 0. The molecular formula is C16H20N2O4S. The van der Waals surface area contributed by atoms with Gasteiger partial charge in [0.25, 0.3) is 0 Å². The minimum Gasteiger partial charge on any atom is -0.395 e. The fraction of sp³-hybridized carbons (Fsp3) is 0.375. The summed E-state index contributed by atoms with van der Waals surface area (Å²) < 4.78 is 27.3. The number of nitrogens with zero attached hydrogens (tertiary/aromatic N) is 1. The molecule has 0 aromatic heterocycles.